The molecule has 0 aromatic heterocycles. The Labute approximate surface area is 144 Å². The maximum absolute atomic E-state index is 5.92. The van der Waals surface area contributed by atoms with Crippen LogP contribution in [0.2, 0.25) is 0 Å². The largest absolute Gasteiger partial charge is 0.494 e. The maximum Gasteiger partial charge on any atom is 0.124 e. The predicted molar refractivity (Wildman–Crippen MR) is 99.9 cm³/mol. The van der Waals surface area contributed by atoms with Crippen LogP contribution in [0.15, 0.2) is 48.6 Å². The van der Waals surface area contributed by atoms with Crippen LogP contribution < -0.4 is 10.1 Å². The number of anilines is 1. The van der Waals surface area contributed by atoms with Crippen molar-refractivity contribution in [2.24, 2.45) is 5.92 Å². The van der Waals surface area contributed by atoms with E-state index in [9.17, 15) is 0 Å². The molecule has 2 heteroatoms. The van der Waals surface area contributed by atoms with Gasteiger partial charge in [-0.05, 0) is 50.3 Å². The van der Waals surface area contributed by atoms with E-state index in [2.05, 4.69) is 67.7 Å². The highest BCUT2D eigenvalue weighted by Crippen LogP contribution is 2.52. The van der Waals surface area contributed by atoms with Crippen molar-refractivity contribution in [2.45, 2.75) is 39.2 Å². The van der Waals surface area contributed by atoms with Crippen LogP contribution in [0, 0.1) is 19.8 Å². The highest BCUT2D eigenvalue weighted by molar-refractivity contribution is 5.65. The third-order valence-electron chi connectivity index (χ3n) is 5.36. The molecule has 0 radical (unpaired) electrons. The first-order valence-corrected chi connectivity index (χ1v) is 8.95. The first-order chi connectivity index (χ1) is 11.7. The summed E-state index contributed by atoms with van der Waals surface area (Å²) < 4.78 is 5.92. The van der Waals surface area contributed by atoms with Crippen LogP contribution in [0.4, 0.5) is 5.69 Å². The SMILES string of the molecule is CCOc1ccccc1C1Nc2c(C)cc(C)cc2C2C=CCC21. The van der Waals surface area contributed by atoms with Gasteiger partial charge in [0.2, 0.25) is 0 Å². The summed E-state index contributed by atoms with van der Waals surface area (Å²) in [4.78, 5) is 0. The Morgan fingerprint density at radius 2 is 1.96 bits per heavy atom. The van der Waals surface area contributed by atoms with Gasteiger partial charge in [0.15, 0.2) is 0 Å². The first kappa shape index (κ1) is 15.3. The van der Waals surface area contributed by atoms with E-state index in [0.29, 0.717) is 24.5 Å². The molecule has 24 heavy (non-hydrogen) atoms. The van der Waals surface area contributed by atoms with E-state index in [0.717, 1.165) is 12.2 Å². The fourth-order valence-electron chi connectivity index (χ4n) is 4.41. The zero-order valence-corrected chi connectivity index (χ0v) is 14.7. The summed E-state index contributed by atoms with van der Waals surface area (Å²) in [5, 5.41) is 3.86. The molecule has 2 aromatic carbocycles. The van der Waals surface area contributed by atoms with Gasteiger partial charge in [0.25, 0.3) is 0 Å². The Morgan fingerprint density at radius 1 is 1.12 bits per heavy atom. The van der Waals surface area contributed by atoms with Crippen LogP contribution in [0.1, 0.15) is 47.6 Å². The second-order valence-corrected chi connectivity index (χ2v) is 6.99. The van der Waals surface area contributed by atoms with Crippen LogP contribution in [0.25, 0.3) is 0 Å². The van der Waals surface area contributed by atoms with Gasteiger partial charge >= 0.3 is 0 Å². The van der Waals surface area contributed by atoms with E-state index in [4.69, 9.17) is 4.74 Å². The Hall–Kier alpha value is -2.22. The van der Waals surface area contributed by atoms with Gasteiger partial charge in [-0.25, -0.2) is 0 Å². The van der Waals surface area contributed by atoms with Gasteiger partial charge in [0.05, 0.1) is 12.6 Å². The fourth-order valence-corrected chi connectivity index (χ4v) is 4.41. The molecule has 2 aliphatic rings. The average molecular weight is 319 g/mol. The molecule has 1 aliphatic heterocycles. The standard InChI is InChI=1S/C22H25NO/c1-4-24-20-11-6-5-8-18(20)22-17-10-7-9-16(17)19-13-14(2)12-15(3)21(19)23-22/h5-9,11-13,16-17,22-23H,4,10H2,1-3H3. The van der Waals surface area contributed by atoms with Crippen molar-refractivity contribution in [1.29, 1.82) is 0 Å². The van der Waals surface area contributed by atoms with Crippen LogP contribution in [0.5, 0.6) is 5.75 Å². The lowest BCUT2D eigenvalue weighted by atomic mass is 9.76. The lowest BCUT2D eigenvalue weighted by Crippen LogP contribution is -2.30. The van der Waals surface area contributed by atoms with Gasteiger partial charge in [-0.2, -0.15) is 0 Å². The van der Waals surface area contributed by atoms with Crippen LogP contribution in [0.3, 0.4) is 0 Å². The van der Waals surface area contributed by atoms with Crippen LogP contribution >= 0.6 is 0 Å². The number of para-hydroxylation sites is 1. The zero-order chi connectivity index (χ0) is 16.7. The number of nitrogens with one attached hydrogen (secondary N) is 1. The number of hydrogen-bond donors (Lipinski definition) is 1. The Morgan fingerprint density at radius 3 is 2.79 bits per heavy atom. The van der Waals surface area contributed by atoms with Crippen LogP contribution in [-0.4, -0.2) is 6.61 Å². The molecule has 0 spiro atoms. The van der Waals surface area contributed by atoms with E-state index in [-0.39, 0.29) is 0 Å². The molecule has 3 unspecified atom stereocenters. The predicted octanol–water partition coefficient (Wildman–Crippen LogP) is 5.53. The van der Waals surface area contributed by atoms with Gasteiger partial charge in [-0.3, -0.25) is 0 Å². The summed E-state index contributed by atoms with van der Waals surface area (Å²) >= 11 is 0. The summed E-state index contributed by atoms with van der Waals surface area (Å²) in [6.45, 7) is 7.15. The highest BCUT2D eigenvalue weighted by atomic mass is 16.5. The monoisotopic (exact) mass is 319 g/mol. The second-order valence-electron chi connectivity index (χ2n) is 6.99. The summed E-state index contributed by atoms with van der Waals surface area (Å²) in [6, 6.07) is 13.4. The van der Waals surface area contributed by atoms with Gasteiger partial charge in [0.1, 0.15) is 5.75 Å². The summed E-state index contributed by atoms with van der Waals surface area (Å²) in [5.41, 5.74) is 6.73. The molecule has 1 aliphatic carbocycles. The van der Waals surface area contributed by atoms with Crippen molar-refractivity contribution in [3.05, 3.63) is 70.8 Å². The average Bonchev–Trinajstić information content (AvgIpc) is 3.05. The van der Waals surface area contributed by atoms with E-state index >= 15 is 0 Å². The number of allylic oxidation sites excluding steroid dienone is 2. The van der Waals surface area contributed by atoms with Crippen molar-refractivity contribution >= 4 is 5.69 Å². The molecule has 0 saturated carbocycles. The van der Waals surface area contributed by atoms with Crippen molar-refractivity contribution in [3.63, 3.8) is 0 Å². The molecule has 3 atom stereocenters. The minimum atomic E-state index is 0.293. The summed E-state index contributed by atoms with van der Waals surface area (Å²) in [7, 11) is 0. The molecule has 124 valence electrons. The number of aryl methyl sites for hydroxylation is 2. The smallest absolute Gasteiger partial charge is 0.124 e. The molecule has 0 bridgehead atoms. The molecule has 1 heterocycles. The number of hydrogen-bond acceptors (Lipinski definition) is 2. The summed E-state index contributed by atoms with van der Waals surface area (Å²) in [6.07, 6.45) is 5.87. The topological polar surface area (TPSA) is 21.3 Å². The van der Waals surface area contributed by atoms with Crippen LogP contribution in [-0.2, 0) is 0 Å². The maximum atomic E-state index is 5.92. The third kappa shape index (κ3) is 2.41. The molecular weight excluding hydrogens is 294 g/mol. The molecule has 2 aromatic rings. The molecule has 1 N–H and O–H groups in total. The molecule has 2 nitrogen and oxygen atoms in total. The number of fused-ring (bicyclic) bond motifs is 3. The molecule has 0 amide bonds. The Kier molecular flexibility index (Phi) is 3.84. The van der Waals surface area contributed by atoms with Gasteiger partial charge in [0, 0.05) is 17.2 Å². The highest BCUT2D eigenvalue weighted by Gasteiger charge is 2.39. The van der Waals surface area contributed by atoms with Gasteiger partial charge in [-0.15, -0.1) is 0 Å². The minimum Gasteiger partial charge on any atom is -0.494 e. The molecule has 0 saturated heterocycles. The van der Waals surface area contributed by atoms with E-state index in [1.54, 1.807) is 0 Å². The van der Waals surface area contributed by atoms with Gasteiger partial charge < -0.3 is 10.1 Å². The molecular formula is C22H25NO. The lowest BCUT2D eigenvalue weighted by molar-refractivity contribution is 0.326. The Balaban J connectivity index is 1.82. The van der Waals surface area contributed by atoms with Crippen molar-refractivity contribution < 1.29 is 4.74 Å². The summed E-state index contributed by atoms with van der Waals surface area (Å²) in [5.74, 6) is 2.07. The van der Waals surface area contributed by atoms with Crippen molar-refractivity contribution in [3.8, 4) is 5.75 Å². The number of rotatable bonds is 3. The third-order valence-corrected chi connectivity index (χ3v) is 5.36. The number of benzene rings is 2. The van der Waals surface area contributed by atoms with E-state index in [1.165, 1.54) is 27.9 Å². The zero-order valence-electron chi connectivity index (χ0n) is 14.7. The van der Waals surface area contributed by atoms with Crippen molar-refractivity contribution in [1.82, 2.24) is 0 Å². The normalized spacial score (nSPS) is 24.2. The van der Waals surface area contributed by atoms with E-state index < -0.39 is 0 Å². The number of ether oxygens (including phenoxy) is 1. The van der Waals surface area contributed by atoms with Crippen molar-refractivity contribution in [2.75, 3.05) is 11.9 Å². The van der Waals surface area contributed by atoms with E-state index in [1.807, 2.05) is 6.92 Å². The first-order valence-electron chi connectivity index (χ1n) is 8.95. The Bertz CT molecular complexity index is 793. The quantitative estimate of drug-likeness (QED) is 0.751. The second kappa shape index (κ2) is 6.01. The molecule has 4 rings (SSSR count). The van der Waals surface area contributed by atoms with Gasteiger partial charge in [-0.1, -0.05) is 48.0 Å². The fraction of sp³-hybridized carbons (Fsp3) is 0.364. The lowest BCUT2D eigenvalue weighted by Gasteiger charge is -2.39. The minimum absolute atomic E-state index is 0.293. The molecule has 0 fully saturated rings.